The fourth-order valence-electron chi connectivity index (χ4n) is 2.42. The summed E-state index contributed by atoms with van der Waals surface area (Å²) in [6, 6.07) is 4.94. The SMILES string of the molecule is Cc1ccc(C(C)NCC2CN(C)CCN2C)o1. The molecule has 1 fully saturated rings. The molecule has 1 aromatic heterocycles. The topological polar surface area (TPSA) is 31.6 Å². The van der Waals surface area contributed by atoms with Crippen LogP contribution in [0.2, 0.25) is 0 Å². The summed E-state index contributed by atoms with van der Waals surface area (Å²) in [6.07, 6.45) is 0. The van der Waals surface area contributed by atoms with Gasteiger partial charge < -0.3 is 14.6 Å². The number of likely N-dealkylation sites (N-methyl/N-ethyl adjacent to an activating group) is 2. The highest BCUT2D eigenvalue weighted by Gasteiger charge is 2.22. The molecule has 1 aliphatic heterocycles. The van der Waals surface area contributed by atoms with Crippen molar-refractivity contribution in [1.29, 1.82) is 0 Å². The van der Waals surface area contributed by atoms with Crippen molar-refractivity contribution in [3.63, 3.8) is 0 Å². The van der Waals surface area contributed by atoms with Crippen LogP contribution in [0.5, 0.6) is 0 Å². The van der Waals surface area contributed by atoms with Crippen molar-refractivity contribution in [2.75, 3.05) is 40.3 Å². The van der Waals surface area contributed by atoms with Crippen molar-refractivity contribution >= 4 is 0 Å². The Morgan fingerprint density at radius 2 is 2.17 bits per heavy atom. The van der Waals surface area contributed by atoms with E-state index in [9.17, 15) is 0 Å². The summed E-state index contributed by atoms with van der Waals surface area (Å²) in [7, 11) is 4.40. The zero-order valence-electron chi connectivity index (χ0n) is 11.9. The third-order valence-electron chi connectivity index (χ3n) is 3.83. The molecule has 4 heteroatoms. The molecule has 0 aliphatic carbocycles. The van der Waals surface area contributed by atoms with Crippen LogP contribution in [0.4, 0.5) is 0 Å². The van der Waals surface area contributed by atoms with Crippen molar-refractivity contribution in [3.8, 4) is 0 Å². The predicted molar refractivity (Wildman–Crippen MR) is 73.8 cm³/mol. The van der Waals surface area contributed by atoms with Crippen molar-refractivity contribution in [2.24, 2.45) is 0 Å². The fourth-order valence-corrected chi connectivity index (χ4v) is 2.42. The van der Waals surface area contributed by atoms with Crippen LogP contribution in [0.25, 0.3) is 0 Å². The molecule has 0 aromatic carbocycles. The molecule has 0 bridgehead atoms. The standard InChI is InChI=1S/C14H25N3O/c1-11-5-6-14(18-11)12(2)15-9-13-10-16(3)7-8-17(13)4/h5-6,12-13,15H,7-10H2,1-4H3. The van der Waals surface area contributed by atoms with Gasteiger partial charge in [-0.15, -0.1) is 0 Å². The molecule has 18 heavy (non-hydrogen) atoms. The molecule has 0 spiro atoms. The van der Waals surface area contributed by atoms with E-state index in [1.807, 2.05) is 13.0 Å². The summed E-state index contributed by atoms with van der Waals surface area (Å²) in [4.78, 5) is 4.83. The lowest BCUT2D eigenvalue weighted by Crippen LogP contribution is -2.53. The number of furan rings is 1. The Hall–Kier alpha value is -0.840. The predicted octanol–water partition coefficient (Wildman–Crippen LogP) is 1.48. The molecule has 2 atom stereocenters. The van der Waals surface area contributed by atoms with Crippen molar-refractivity contribution in [2.45, 2.75) is 25.9 Å². The van der Waals surface area contributed by atoms with Gasteiger partial charge in [0.15, 0.2) is 0 Å². The van der Waals surface area contributed by atoms with Crippen LogP contribution < -0.4 is 5.32 Å². The molecule has 1 aliphatic rings. The quantitative estimate of drug-likeness (QED) is 0.878. The van der Waals surface area contributed by atoms with E-state index in [1.165, 1.54) is 6.54 Å². The number of nitrogens with one attached hydrogen (secondary N) is 1. The van der Waals surface area contributed by atoms with Gasteiger partial charge in [0.05, 0.1) is 6.04 Å². The van der Waals surface area contributed by atoms with Crippen LogP contribution in [0.3, 0.4) is 0 Å². The van der Waals surface area contributed by atoms with Crippen molar-refractivity contribution in [1.82, 2.24) is 15.1 Å². The number of piperazine rings is 1. The largest absolute Gasteiger partial charge is 0.465 e. The Bertz CT molecular complexity index is 377. The highest BCUT2D eigenvalue weighted by atomic mass is 16.3. The monoisotopic (exact) mass is 251 g/mol. The van der Waals surface area contributed by atoms with E-state index in [1.54, 1.807) is 0 Å². The number of aryl methyl sites for hydroxylation is 1. The van der Waals surface area contributed by atoms with Gasteiger partial charge in [-0.1, -0.05) is 0 Å². The highest BCUT2D eigenvalue weighted by Crippen LogP contribution is 2.16. The summed E-state index contributed by atoms with van der Waals surface area (Å²) in [5.41, 5.74) is 0. The maximum atomic E-state index is 5.65. The Morgan fingerprint density at radius 3 is 2.83 bits per heavy atom. The first kappa shape index (κ1) is 13.6. The van der Waals surface area contributed by atoms with E-state index in [0.29, 0.717) is 6.04 Å². The molecule has 2 rings (SSSR count). The van der Waals surface area contributed by atoms with Crippen LogP contribution in [0.15, 0.2) is 16.5 Å². The summed E-state index contributed by atoms with van der Waals surface area (Å²) in [6.45, 7) is 8.59. The summed E-state index contributed by atoms with van der Waals surface area (Å²) < 4.78 is 5.65. The number of hydrogen-bond acceptors (Lipinski definition) is 4. The van der Waals surface area contributed by atoms with Crippen LogP contribution >= 0.6 is 0 Å². The molecule has 1 N–H and O–H groups in total. The normalized spacial score (nSPS) is 24.3. The maximum absolute atomic E-state index is 5.65. The fraction of sp³-hybridized carbons (Fsp3) is 0.714. The van der Waals surface area contributed by atoms with Crippen LogP contribution in [0.1, 0.15) is 24.5 Å². The zero-order valence-corrected chi connectivity index (χ0v) is 11.9. The Balaban J connectivity index is 1.83. The smallest absolute Gasteiger partial charge is 0.120 e. The first-order valence-electron chi connectivity index (χ1n) is 6.74. The van der Waals surface area contributed by atoms with Crippen LogP contribution in [-0.2, 0) is 0 Å². The van der Waals surface area contributed by atoms with Crippen molar-refractivity contribution in [3.05, 3.63) is 23.7 Å². The second-order valence-electron chi connectivity index (χ2n) is 5.48. The molecule has 0 saturated carbocycles. The molecule has 1 saturated heterocycles. The molecule has 4 nitrogen and oxygen atoms in total. The van der Waals surface area contributed by atoms with Gasteiger partial charge in [-0.2, -0.15) is 0 Å². The Labute approximate surface area is 110 Å². The Morgan fingerprint density at radius 1 is 1.39 bits per heavy atom. The summed E-state index contributed by atoms with van der Waals surface area (Å²) in [5.74, 6) is 2.01. The van der Waals surface area contributed by atoms with Gasteiger partial charge in [-0.05, 0) is 40.1 Å². The molecular formula is C14H25N3O. The van der Waals surface area contributed by atoms with E-state index >= 15 is 0 Å². The van der Waals surface area contributed by atoms with Gasteiger partial charge in [0, 0.05) is 32.2 Å². The van der Waals surface area contributed by atoms with E-state index in [2.05, 4.69) is 42.2 Å². The molecule has 102 valence electrons. The molecule has 2 unspecified atom stereocenters. The van der Waals surface area contributed by atoms with Gasteiger partial charge in [-0.25, -0.2) is 0 Å². The average Bonchev–Trinajstić information content (AvgIpc) is 2.77. The van der Waals surface area contributed by atoms with E-state index in [-0.39, 0.29) is 6.04 Å². The second kappa shape index (κ2) is 5.87. The third kappa shape index (κ3) is 3.34. The molecule has 0 radical (unpaired) electrons. The second-order valence-corrected chi connectivity index (χ2v) is 5.48. The number of nitrogens with zero attached hydrogens (tertiary/aromatic N) is 2. The highest BCUT2D eigenvalue weighted by molar-refractivity contribution is 5.08. The number of rotatable bonds is 4. The molecule has 1 aromatic rings. The minimum Gasteiger partial charge on any atom is -0.465 e. The van der Waals surface area contributed by atoms with Crippen LogP contribution in [0, 0.1) is 6.92 Å². The number of hydrogen-bond donors (Lipinski definition) is 1. The van der Waals surface area contributed by atoms with Gasteiger partial charge >= 0.3 is 0 Å². The van der Waals surface area contributed by atoms with E-state index in [4.69, 9.17) is 4.42 Å². The minimum absolute atomic E-state index is 0.277. The lowest BCUT2D eigenvalue weighted by Gasteiger charge is -2.38. The maximum Gasteiger partial charge on any atom is 0.120 e. The third-order valence-corrected chi connectivity index (χ3v) is 3.83. The lowest BCUT2D eigenvalue weighted by molar-refractivity contribution is 0.111. The lowest BCUT2D eigenvalue weighted by atomic mass is 10.1. The summed E-state index contributed by atoms with van der Waals surface area (Å²) >= 11 is 0. The molecule has 0 amide bonds. The van der Waals surface area contributed by atoms with Gasteiger partial charge in [0.2, 0.25) is 0 Å². The van der Waals surface area contributed by atoms with Crippen LogP contribution in [-0.4, -0.2) is 56.1 Å². The first-order valence-corrected chi connectivity index (χ1v) is 6.74. The van der Waals surface area contributed by atoms with Crippen molar-refractivity contribution < 1.29 is 4.42 Å². The molecule has 2 heterocycles. The first-order chi connectivity index (χ1) is 8.56. The zero-order chi connectivity index (χ0) is 13.1. The molecular weight excluding hydrogens is 226 g/mol. The Kier molecular flexibility index (Phi) is 4.43. The van der Waals surface area contributed by atoms with Gasteiger partial charge in [0.25, 0.3) is 0 Å². The van der Waals surface area contributed by atoms with E-state index in [0.717, 1.165) is 31.2 Å². The average molecular weight is 251 g/mol. The van der Waals surface area contributed by atoms with Gasteiger partial charge in [0.1, 0.15) is 11.5 Å². The van der Waals surface area contributed by atoms with E-state index < -0.39 is 0 Å². The summed E-state index contributed by atoms with van der Waals surface area (Å²) in [5, 5.41) is 3.57. The van der Waals surface area contributed by atoms with Gasteiger partial charge in [-0.3, -0.25) is 4.90 Å². The minimum atomic E-state index is 0.277.